The van der Waals surface area contributed by atoms with Crippen molar-refractivity contribution in [2.45, 2.75) is 20.0 Å². The van der Waals surface area contributed by atoms with E-state index < -0.39 is 0 Å². The predicted octanol–water partition coefficient (Wildman–Crippen LogP) is 2.24. The summed E-state index contributed by atoms with van der Waals surface area (Å²) in [6.07, 6.45) is 1.56. The molecule has 0 N–H and O–H groups in total. The van der Waals surface area contributed by atoms with E-state index in [1.165, 1.54) is 0 Å². The number of aryl methyl sites for hydroxylation is 1. The van der Waals surface area contributed by atoms with Gasteiger partial charge in [-0.25, -0.2) is 4.79 Å². The summed E-state index contributed by atoms with van der Waals surface area (Å²) in [5.74, 6) is -0.343. The Morgan fingerprint density at radius 2 is 2.23 bits per heavy atom. The van der Waals surface area contributed by atoms with E-state index in [1.54, 1.807) is 23.9 Å². The van der Waals surface area contributed by atoms with Crippen molar-refractivity contribution in [2.24, 2.45) is 7.05 Å². The number of carbonyl (C=O) groups excluding carboxylic acids is 1. The highest BCUT2D eigenvalue weighted by atomic mass is 35.5. The van der Waals surface area contributed by atoms with Crippen LogP contribution < -0.4 is 0 Å². The summed E-state index contributed by atoms with van der Waals surface area (Å²) >= 11 is 5.72. The Morgan fingerprint density at radius 1 is 1.62 bits per heavy atom. The minimum absolute atomic E-state index is 0.110. The van der Waals surface area contributed by atoms with Gasteiger partial charge in [0.2, 0.25) is 0 Å². The van der Waals surface area contributed by atoms with Crippen molar-refractivity contribution in [3.8, 4) is 0 Å². The van der Waals surface area contributed by atoms with Crippen LogP contribution >= 0.6 is 11.6 Å². The Kier molecular flexibility index (Phi) is 2.98. The Bertz CT molecular complexity index is 317. The van der Waals surface area contributed by atoms with E-state index in [1.807, 2.05) is 13.8 Å². The summed E-state index contributed by atoms with van der Waals surface area (Å²) < 4.78 is 6.66. The first-order valence-electron chi connectivity index (χ1n) is 4.03. The van der Waals surface area contributed by atoms with Crippen molar-refractivity contribution in [1.29, 1.82) is 0 Å². The number of hydrogen-bond acceptors (Lipinski definition) is 2. The van der Waals surface area contributed by atoms with Gasteiger partial charge in [-0.15, -0.1) is 0 Å². The van der Waals surface area contributed by atoms with E-state index in [2.05, 4.69) is 0 Å². The van der Waals surface area contributed by atoms with E-state index in [-0.39, 0.29) is 12.1 Å². The van der Waals surface area contributed by atoms with Gasteiger partial charge >= 0.3 is 5.97 Å². The fraction of sp³-hybridized carbons (Fsp3) is 0.444. The fourth-order valence-electron chi connectivity index (χ4n) is 1.00. The second kappa shape index (κ2) is 3.83. The van der Waals surface area contributed by atoms with Crippen LogP contribution in [0.15, 0.2) is 12.3 Å². The Hall–Kier alpha value is -0.960. The molecule has 0 saturated carbocycles. The zero-order valence-corrected chi connectivity index (χ0v) is 8.63. The van der Waals surface area contributed by atoms with Crippen molar-refractivity contribution in [3.05, 3.63) is 23.0 Å². The molecule has 0 amide bonds. The van der Waals surface area contributed by atoms with Crippen molar-refractivity contribution >= 4 is 17.6 Å². The van der Waals surface area contributed by atoms with Gasteiger partial charge in [0, 0.05) is 13.2 Å². The van der Waals surface area contributed by atoms with Crippen LogP contribution in [0.4, 0.5) is 0 Å². The molecule has 0 aromatic carbocycles. The highest BCUT2D eigenvalue weighted by Gasteiger charge is 2.13. The highest BCUT2D eigenvalue weighted by molar-refractivity contribution is 6.30. The van der Waals surface area contributed by atoms with Crippen molar-refractivity contribution in [1.82, 2.24) is 4.57 Å². The standard InChI is InChI=1S/C9H12ClNO2/c1-6(2)13-9(12)8-4-7(10)5-11(8)3/h4-6H,1-3H3. The molecule has 13 heavy (non-hydrogen) atoms. The summed E-state index contributed by atoms with van der Waals surface area (Å²) in [6, 6.07) is 1.59. The maximum absolute atomic E-state index is 11.4. The van der Waals surface area contributed by atoms with E-state index in [0.29, 0.717) is 10.7 Å². The Morgan fingerprint density at radius 3 is 2.62 bits per heavy atom. The van der Waals surface area contributed by atoms with Gasteiger partial charge in [-0.1, -0.05) is 11.6 Å². The van der Waals surface area contributed by atoms with Crippen LogP contribution in [-0.2, 0) is 11.8 Å². The lowest BCUT2D eigenvalue weighted by atomic mass is 10.4. The summed E-state index contributed by atoms with van der Waals surface area (Å²) in [5.41, 5.74) is 0.471. The number of nitrogens with zero attached hydrogens (tertiary/aromatic N) is 1. The van der Waals surface area contributed by atoms with E-state index in [4.69, 9.17) is 16.3 Å². The minimum atomic E-state index is -0.343. The molecule has 0 fully saturated rings. The molecular weight excluding hydrogens is 190 g/mol. The first-order valence-corrected chi connectivity index (χ1v) is 4.41. The van der Waals surface area contributed by atoms with Crippen molar-refractivity contribution in [3.63, 3.8) is 0 Å². The average Bonchev–Trinajstić information content (AvgIpc) is 2.28. The molecule has 0 unspecified atom stereocenters. The number of esters is 1. The largest absolute Gasteiger partial charge is 0.458 e. The molecule has 1 aromatic heterocycles. The summed E-state index contributed by atoms with van der Waals surface area (Å²) in [7, 11) is 1.75. The number of carbonyl (C=O) groups is 1. The monoisotopic (exact) mass is 201 g/mol. The van der Waals surface area contributed by atoms with Crippen LogP contribution in [0.3, 0.4) is 0 Å². The molecule has 0 radical (unpaired) electrons. The van der Waals surface area contributed by atoms with Crippen molar-refractivity contribution in [2.75, 3.05) is 0 Å². The fourth-order valence-corrected chi connectivity index (χ4v) is 1.25. The van der Waals surface area contributed by atoms with Gasteiger partial charge in [-0.2, -0.15) is 0 Å². The third-order valence-electron chi connectivity index (χ3n) is 1.52. The third kappa shape index (κ3) is 2.49. The number of rotatable bonds is 2. The normalized spacial score (nSPS) is 10.5. The molecule has 0 bridgehead atoms. The van der Waals surface area contributed by atoms with Crippen LogP contribution in [0.1, 0.15) is 24.3 Å². The summed E-state index contributed by atoms with van der Waals surface area (Å²) in [6.45, 7) is 3.62. The highest BCUT2D eigenvalue weighted by Crippen LogP contribution is 2.14. The minimum Gasteiger partial charge on any atom is -0.458 e. The maximum atomic E-state index is 11.4. The second-order valence-electron chi connectivity index (χ2n) is 3.11. The lowest BCUT2D eigenvalue weighted by molar-refractivity contribution is 0.0366. The smallest absolute Gasteiger partial charge is 0.355 e. The average molecular weight is 202 g/mol. The number of hydrogen-bond donors (Lipinski definition) is 0. The van der Waals surface area contributed by atoms with Gasteiger partial charge in [0.1, 0.15) is 5.69 Å². The van der Waals surface area contributed by atoms with Gasteiger partial charge in [0.05, 0.1) is 11.1 Å². The number of halogens is 1. The lowest BCUT2D eigenvalue weighted by Crippen LogP contribution is -2.14. The molecule has 0 saturated heterocycles. The van der Waals surface area contributed by atoms with Crippen LogP contribution in [0.2, 0.25) is 5.02 Å². The molecule has 0 spiro atoms. The SMILES string of the molecule is CC(C)OC(=O)c1cc(Cl)cn1C. The first kappa shape index (κ1) is 10.1. The number of ether oxygens (including phenoxy) is 1. The summed E-state index contributed by atoms with van der Waals surface area (Å²) in [5, 5.41) is 0.540. The topological polar surface area (TPSA) is 31.2 Å². The first-order chi connectivity index (χ1) is 6.00. The molecule has 0 aliphatic rings. The van der Waals surface area contributed by atoms with Crippen LogP contribution in [-0.4, -0.2) is 16.6 Å². The third-order valence-corrected chi connectivity index (χ3v) is 1.73. The Balaban J connectivity index is 2.82. The lowest BCUT2D eigenvalue weighted by Gasteiger charge is -2.07. The van der Waals surface area contributed by atoms with Gasteiger partial charge in [0.25, 0.3) is 0 Å². The van der Waals surface area contributed by atoms with Crippen molar-refractivity contribution < 1.29 is 9.53 Å². The van der Waals surface area contributed by atoms with Crippen LogP contribution in [0.5, 0.6) is 0 Å². The molecule has 1 rings (SSSR count). The molecule has 4 heteroatoms. The second-order valence-corrected chi connectivity index (χ2v) is 3.54. The quantitative estimate of drug-likeness (QED) is 0.688. The van der Waals surface area contributed by atoms with Crippen LogP contribution in [0.25, 0.3) is 0 Å². The molecule has 1 aromatic rings. The van der Waals surface area contributed by atoms with E-state index >= 15 is 0 Å². The molecule has 0 atom stereocenters. The molecular formula is C9H12ClNO2. The van der Waals surface area contributed by atoms with Gasteiger partial charge in [0.15, 0.2) is 0 Å². The zero-order valence-electron chi connectivity index (χ0n) is 7.87. The molecule has 3 nitrogen and oxygen atoms in total. The van der Waals surface area contributed by atoms with E-state index in [9.17, 15) is 4.79 Å². The Labute approximate surface area is 82.3 Å². The molecule has 72 valence electrons. The maximum Gasteiger partial charge on any atom is 0.355 e. The summed E-state index contributed by atoms with van der Waals surface area (Å²) in [4.78, 5) is 11.4. The molecule has 0 aliphatic heterocycles. The molecule has 0 aliphatic carbocycles. The zero-order chi connectivity index (χ0) is 10.0. The van der Waals surface area contributed by atoms with Crippen LogP contribution in [0, 0.1) is 0 Å². The van der Waals surface area contributed by atoms with Gasteiger partial charge in [-0.05, 0) is 19.9 Å². The molecule has 1 heterocycles. The van der Waals surface area contributed by atoms with E-state index in [0.717, 1.165) is 0 Å². The number of aromatic nitrogens is 1. The predicted molar refractivity (Wildman–Crippen MR) is 51.0 cm³/mol. The van der Waals surface area contributed by atoms with Gasteiger partial charge < -0.3 is 9.30 Å². The van der Waals surface area contributed by atoms with Gasteiger partial charge in [-0.3, -0.25) is 0 Å².